The molecule has 2 aliphatic rings. The van der Waals surface area contributed by atoms with Crippen molar-refractivity contribution in [1.29, 1.82) is 0 Å². The first-order chi connectivity index (χ1) is 10.3. The second kappa shape index (κ2) is 8.60. The predicted octanol–water partition coefficient (Wildman–Crippen LogP) is 3.45. The molecule has 1 aromatic rings. The lowest BCUT2D eigenvalue weighted by molar-refractivity contribution is 0.119. The molecule has 2 fully saturated rings. The molecule has 5 heteroatoms. The van der Waals surface area contributed by atoms with Crippen molar-refractivity contribution in [2.75, 3.05) is 6.54 Å². The van der Waals surface area contributed by atoms with Gasteiger partial charge >= 0.3 is 0 Å². The van der Waals surface area contributed by atoms with Gasteiger partial charge in [-0.3, -0.25) is 0 Å². The molecule has 0 heterocycles. The summed E-state index contributed by atoms with van der Waals surface area (Å²) in [5.74, 6) is 1.91. The molecule has 0 aromatic heterocycles. The Kier molecular flexibility index (Phi) is 6.79. The van der Waals surface area contributed by atoms with E-state index in [4.69, 9.17) is 9.73 Å². The van der Waals surface area contributed by atoms with Gasteiger partial charge in [-0.15, -0.1) is 24.0 Å². The quantitative estimate of drug-likeness (QED) is 0.425. The largest absolute Gasteiger partial charge is 0.490 e. The van der Waals surface area contributed by atoms with Crippen LogP contribution < -0.4 is 15.4 Å². The van der Waals surface area contributed by atoms with Crippen LogP contribution in [0.5, 0.6) is 5.75 Å². The van der Waals surface area contributed by atoms with E-state index in [0.29, 0.717) is 18.7 Å². The van der Waals surface area contributed by atoms with E-state index in [0.717, 1.165) is 23.8 Å². The van der Waals surface area contributed by atoms with Gasteiger partial charge in [0.25, 0.3) is 0 Å². The van der Waals surface area contributed by atoms with Crippen molar-refractivity contribution in [2.24, 2.45) is 4.99 Å². The summed E-state index contributed by atoms with van der Waals surface area (Å²) in [7, 11) is 0. The van der Waals surface area contributed by atoms with Gasteiger partial charge in [0.15, 0.2) is 5.96 Å². The van der Waals surface area contributed by atoms with Gasteiger partial charge in [0.2, 0.25) is 0 Å². The lowest BCUT2D eigenvalue weighted by atomic mass is 9.96. The van der Waals surface area contributed by atoms with Crippen LogP contribution in [0, 0.1) is 0 Å². The normalized spacial score (nSPS) is 18.1. The van der Waals surface area contributed by atoms with Crippen LogP contribution in [-0.2, 0) is 6.54 Å². The van der Waals surface area contributed by atoms with E-state index in [9.17, 15) is 0 Å². The molecule has 0 aliphatic heterocycles. The van der Waals surface area contributed by atoms with Crippen molar-refractivity contribution in [3.05, 3.63) is 29.8 Å². The standard InChI is InChI=1S/C17H25N3O.HI/c1-2-18-17(20-14-10-11-14)19-12-13-6-3-4-9-16(13)21-15-7-5-8-15;/h3-4,6,9,14-15H,2,5,7-8,10-12H2,1H3,(H2,18,19,20);1H. The number of aliphatic imine (C=N–C) groups is 1. The first kappa shape index (κ1) is 17.4. The Balaban J connectivity index is 0.00000176. The first-order valence-electron chi connectivity index (χ1n) is 8.14. The van der Waals surface area contributed by atoms with Gasteiger partial charge in [-0.05, 0) is 45.1 Å². The molecule has 0 unspecified atom stereocenters. The fourth-order valence-electron chi connectivity index (χ4n) is 2.32. The number of nitrogens with zero attached hydrogens (tertiary/aromatic N) is 1. The van der Waals surface area contributed by atoms with E-state index >= 15 is 0 Å². The maximum absolute atomic E-state index is 6.06. The zero-order chi connectivity index (χ0) is 14.5. The van der Waals surface area contributed by atoms with Crippen LogP contribution in [-0.4, -0.2) is 24.7 Å². The second-order valence-electron chi connectivity index (χ2n) is 5.89. The van der Waals surface area contributed by atoms with Crippen LogP contribution in [0.4, 0.5) is 0 Å². The molecule has 2 aliphatic carbocycles. The summed E-state index contributed by atoms with van der Waals surface area (Å²) >= 11 is 0. The SMILES string of the molecule is CCNC(=NCc1ccccc1OC1CCC1)NC1CC1.I. The Morgan fingerprint density at radius 1 is 1.23 bits per heavy atom. The summed E-state index contributed by atoms with van der Waals surface area (Å²) in [5, 5.41) is 6.75. The minimum atomic E-state index is 0. The molecule has 0 bridgehead atoms. The second-order valence-corrected chi connectivity index (χ2v) is 5.89. The van der Waals surface area contributed by atoms with Gasteiger partial charge < -0.3 is 15.4 Å². The highest BCUT2D eigenvalue weighted by atomic mass is 127. The highest BCUT2D eigenvalue weighted by molar-refractivity contribution is 14.0. The van der Waals surface area contributed by atoms with E-state index in [2.05, 4.69) is 35.8 Å². The number of para-hydroxylation sites is 1. The highest BCUT2D eigenvalue weighted by Gasteiger charge is 2.22. The molecule has 2 N–H and O–H groups in total. The Bertz CT molecular complexity index is 498. The Labute approximate surface area is 150 Å². The number of ether oxygens (including phenoxy) is 1. The molecule has 2 saturated carbocycles. The Morgan fingerprint density at radius 3 is 2.64 bits per heavy atom. The monoisotopic (exact) mass is 415 g/mol. The third-order valence-electron chi connectivity index (χ3n) is 3.99. The van der Waals surface area contributed by atoms with E-state index in [1.54, 1.807) is 0 Å². The minimum absolute atomic E-state index is 0. The van der Waals surface area contributed by atoms with Crippen molar-refractivity contribution in [2.45, 2.75) is 57.7 Å². The molecule has 122 valence electrons. The van der Waals surface area contributed by atoms with Gasteiger partial charge in [0.05, 0.1) is 12.6 Å². The summed E-state index contributed by atoms with van der Waals surface area (Å²) in [6, 6.07) is 8.88. The lowest BCUT2D eigenvalue weighted by Crippen LogP contribution is -2.38. The number of hydrogen-bond acceptors (Lipinski definition) is 2. The average Bonchev–Trinajstić information content (AvgIpc) is 3.25. The molecule has 0 amide bonds. The van der Waals surface area contributed by atoms with E-state index in [-0.39, 0.29) is 24.0 Å². The van der Waals surface area contributed by atoms with Gasteiger partial charge in [0, 0.05) is 18.2 Å². The van der Waals surface area contributed by atoms with Crippen molar-refractivity contribution >= 4 is 29.9 Å². The van der Waals surface area contributed by atoms with Crippen molar-refractivity contribution in [3.8, 4) is 5.75 Å². The number of guanidine groups is 1. The van der Waals surface area contributed by atoms with E-state index < -0.39 is 0 Å². The summed E-state index contributed by atoms with van der Waals surface area (Å²) in [5.41, 5.74) is 1.16. The molecule has 1 aromatic carbocycles. The van der Waals surface area contributed by atoms with Crippen LogP contribution in [0.15, 0.2) is 29.3 Å². The summed E-state index contributed by atoms with van der Waals surface area (Å²) in [6.07, 6.45) is 6.58. The van der Waals surface area contributed by atoms with Crippen LogP contribution in [0.2, 0.25) is 0 Å². The molecule has 4 nitrogen and oxygen atoms in total. The number of benzene rings is 1. The molecule has 22 heavy (non-hydrogen) atoms. The smallest absolute Gasteiger partial charge is 0.191 e. The number of halogens is 1. The predicted molar refractivity (Wildman–Crippen MR) is 101 cm³/mol. The van der Waals surface area contributed by atoms with Gasteiger partial charge in [-0.25, -0.2) is 4.99 Å². The summed E-state index contributed by atoms with van der Waals surface area (Å²) < 4.78 is 6.06. The molecule has 3 rings (SSSR count). The van der Waals surface area contributed by atoms with Crippen LogP contribution >= 0.6 is 24.0 Å². The van der Waals surface area contributed by atoms with Gasteiger partial charge in [-0.1, -0.05) is 18.2 Å². The molecule has 0 saturated heterocycles. The van der Waals surface area contributed by atoms with Crippen molar-refractivity contribution in [1.82, 2.24) is 10.6 Å². The van der Waals surface area contributed by atoms with E-state index in [1.165, 1.54) is 32.1 Å². The third-order valence-corrected chi connectivity index (χ3v) is 3.99. The van der Waals surface area contributed by atoms with Gasteiger partial charge in [0.1, 0.15) is 5.75 Å². The zero-order valence-electron chi connectivity index (χ0n) is 13.2. The third kappa shape index (κ3) is 5.04. The Hall–Kier alpha value is -0.980. The molecule has 0 spiro atoms. The lowest BCUT2D eigenvalue weighted by Gasteiger charge is -2.27. The van der Waals surface area contributed by atoms with Crippen molar-refractivity contribution < 1.29 is 4.74 Å². The van der Waals surface area contributed by atoms with Crippen LogP contribution in [0.25, 0.3) is 0 Å². The van der Waals surface area contributed by atoms with Crippen molar-refractivity contribution in [3.63, 3.8) is 0 Å². The van der Waals surface area contributed by atoms with Crippen LogP contribution in [0.3, 0.4) is 0 Å². The van der Waals surface area contributed by atoms with Crippen LogP contribution in [0.1, 0.15) is 44.6 Å². The topological polar surface area (TPSA) is 45.7 Å². The molecular weight excluding hydrogens is 389 g/mol. The van der Waals surface area contributed by atoms with E-state index in [1.807, 2.05) is 6.07 Å². The fraction of sp³-hybridized carbons (Fsp3) is 0.588. The average molecular weight is 415 g/mol. The Morgan fingerprint density at radius 2 is 2.00 bits per heavy atom. The summed E-state index contributed by atoms with van der Waals surface area (Å²) in [4.78, 5) is 4.69. The fourth-order valence-corrected chi connectivity index (χ4v) is 2.32. The first-order valence-corrected chi connectivity index (χ1v) is 8.14. The maximum atomic E-state index is 6.06. The number of nitrogens with one attached hydrogen (secondary N) is 2. The molecule has 0 radical (unpaired) electrons. The van der Waals surface area contributed by atoms with Gasteiger partial charge in [-0.2, -0.15) is 0 Å². The molecular formula is C17H26IN3O. The minimum Gasteiger partial charge on any atom is -0.490 e. The highest BCUT2D eigenvalue weighted by Crippen LogP contribution is 2.28. The zero-order valence-corrected chi connectivity index (χ0v) is 15.5. The number of rotatable bonds is 6. The maximum Gasteiger partial charge on any atom is 0.191 e. The summed E-state index contributed by atoms with van der Waals surface area (Å²) in [6.45, 7) is 3.64. The number of hydrogen-bond donors (Lipinski definition) is 2. The molecule has 0 atom stereocenters.